The Kier molecular flexibility index (Phi) is 3.46. The first-order valence-corrected chi connectivity index (χ1v) is 6.91. The van der Waals surface area contributed by atoms with Gasteiger partial charge in [-0.1, -0.05) is 0 Å². The van der Waals surface area contributed by atoms with Crippen LogP contribution >= 0.6 is 0 Å². The second-order valence-corrected chi connectivity index (χ2v) is 5.45. The summed E-state index contributed by atoms with van der Waals surface area (Å²) in [7, 11) is 0. The van der Waals surface area contributed by atoms with Gasteiger partial charge in [0.25, 0.3) is 0 Å². The van der Waals surface area contributed by atoms with E-state index in [2.05, 4.69) is 15.2 Å². The fourth-order valence-corrected chi connectivity index (χ4v) is 2.52. The van der Waals surface area contributed by atoms with E-state index in [0.717, 1.165) is 37.7 Å². The molecule has 1 aromatic heterocycles. The van der Waals surface area contributed by atoms with Crippen LogP contribution in [0, 0.1) is 11.7 Å². The first kappa shape index (κ1) is 11.9. The maximum atomic E-state index is 12.8. The predicted molar refractivity (Wildman–Crippen MR) is 70.2 cm³/mol. The minimum Gasteiger partial charge on any atom is -0.357 e. The topological polar surface area (TPSA) is 28.2 Å². The van der Waals surface area contributed by atoms with Crippen molar-refractivity contribution in [3.8, 4) is 0 Å². The molecule has 1 saturated heterocycles. The fraction of sp³-hybridized carbons (Fsp3) is 0.643. The first-order valence-electron chi connectivity index (χ1n) is 6.91. The molecule has 0 bridgehead atoms. The van der Waals surface area contributed by atoms with Crippen molar-refractivity contribution in [2.24, 2.45) is 5.92 Å². The number of hydrogen-bond donors (Lipinski definition) is 1. The molecule has 0 spiro atoms. The van der Waals surface area contributed by atoms with Gasteiger partial charge < -0.3 is 10.2 Å². The van der Waals surface area contributed by atoms with Crippen LogP contribution in [0.5, 0.6) is 0 Å². The van der Waals surface area contributed by atoms with Gasteiger partial charge in [0.2, 0.25) is 0 Å². The van der Waals surface area contributed by atoms with Crippen molar-refractivity contribution >= 4 is 5.82 Å². The second kappa shape index (κ2) is 5.22. The molecule has 2 fully saturated rings. The average Bonchev–Trinajstić information content (AvgIpc) is 3.22. The van der Waals surface area contributed by atoms with Gasteiger partial charge in [-0.2, -0.15) is 0 Å². The Morgan fingerprint density at radius 1 is 1.22 bits per heavy atom. The molecular formula is C14H20FN3. The number of anilines is 1. The van der Waals surface area contributed by atoms with E-state index < -0.39 is 0 Å². The van der Waals surface area contributed by atoms with Crippen molar-refractivity contribution in [2.45, 2.75) is 31.7 Å². The molecular weight excluding hydrogens is 229 g/mol. The SMILES string of the molecule is Fc1ccc(N2CCC(NCC3CC3)CC2)nc1. The van der Waals surface area contributed by atoms with E-state index in [9.17, 15) is 4.39 Å². The summed E-state index contributed by atoms with van der Waals surface area (Å²) in [5, 5.41) is 3.66. The fourth-order valence-electron chi connectivity index (χ4n) is 2.52. The molecule has 98 valence electrons. The van der Waals surface area contributed by atoms with E-state index in [1.165, 1.54) is 31.6 Å². The van der Waals surface area contributed by atoms with Gasteiger partial charge in [0.15, 0.2) is 0 Å². The summed E-state index contributed by atoms with van der Waals surface area (Å²) in [6.07, 6.45) is 6.43. The van der Waals surface area contributed by atoms with E-state index in [1.54, 1.807) is 6.07 Å². The van der Waals surface area contributed by atoms with Crippen molar-refractivity contribution in [2.75, 3.05) is 24.5 Å². The maximum absolute atomic E-state index is 12.8. The number of hydrogen-bond acceptors (Lipinski definition) is 3. The molecule has 18 heavy (non-hydrogen) atoms. The zero-order chi connectivity index (χ0) is 12.4. The van der Waals surface area contributed by atoms with Crippen molar-refractivity contribution in [3.63, 3.8) is 0 Å². The highest BCUT2D eigenvalue weighted by Crippen LogP contribution is 2.28. The quantitative estimate of drug-likeness (QED) is 0.886. The summed E-state index contributed by atoms with van der Waals surface area (Å²) in [4.78, 5) is 6.39. The lowest BCUT2D eigenvalue weighted by atomic mass is 10.0. The van der Waals surface area contributed by atoms with Crippen molar-refractivity contribution in [1.29, 1.82) is 0 Å². The number of pyridine rings is 1. The van der Waals surface area contributed by atoms with Crippen molar-refractivity contribution in [1.82, 2.24) is 10.3 Å². The number of rotatable bonds is 4. The minimum absolute atomic E-state index is 0.264. The zero-order valence-corrected chi connectivity index (χ0v) is 10.6. The third kappa shape index (κ3) is 2.99. The smallest absolute Gasteiger partial charge is 0.141 e. The average molecular weight is 249 g/mol. The molecule has 0 aromatic carbocycles. The van der Waals surface area contributed by atoms with Crippen LogP contribution in [-0.2, 0) is 0 Å². The lowest BCUT2D eigenvalue weighted by molar-refractivity contribution is 0.407. The van der Waals surface area contributed by atoms with Crippen LogP contribution in [0.1, 0.15) is 25.7 Å². The maximum Gasteiger partial charge on any atom is 0.141 e. The molecule has 1 saturated carbocycles. The molecule has 1 aromatic rings. The van der Waals surface area contributed by atoms with Crippen LogP contribution in [0.15, 0.2) is 18.3 Å². The normalized spacial score (nSPS) is 21.3. The van der Waals surface area contributed by atoms with Crippen LogP contribution in [0.3, 0.4) is 0 Å². The molecule has 0 unspecified atom stereocenters. The molecule has 3 nitrogen and oxygen atoms in total. The standard InChI is InChI=1S/C14H20FN3/c15-12-3-4-14(17-10-12)18-7-5-13(6-8-18)16-9-11-1-2-11/h3-4,10-11,13,16H,1-2,5-9H2. The third-order valence-corrected chi connectivity index (χ3v) is 3.92. The van der Waals surface area contributed by atoms with Crippen LogP contribution in [0.4, 0.5) is 10.2 Å². The minimum atomic E-state index is -0.264. The van der Waals surface area contributed by atoms with Crippen molar-refractivity contribution < 1.29 is 4.39 Å². The summed E-state index contributed by atoms with van der Waals surface area (Å²) in [5.41, 5.74) is 0. The van der Waals surface area contributed by atoms with E-state index in [1.807, 2.05) is 0 Å². The number of nitrogens with zero attached hydrogens (tertiary/aromatic N) is 2. The van der Waals surface area contributed by atoms with E-state index in [-0.39, 0.29) is 5.82 Å². The zero-order valence-electron chi connectivity index (χ0n) is 10.6. The van der Waals surface area contributed by atoms with Gasteiger partial charge in [0.1, 0.15) is 11.6 Å². The Morgan fingerprint density at radius 2 is 2.00 bits per heavy atom. The Labute approximate surface area is 107 Å². The van der Waals surface area contributed by atoms with E-state index >= 15 is 0 Å². The molecule has 3 rings (SSSR count). The number of aromatic nitrogens is 1. The van der Waals surface area contributed by atoms with Crippen LogP contribution in [0.25, 0.3) is 0 Å². The molecule has 2 aliphatic rings. The van der Waals surface area contributed by atoms with Crippen molar-refractivity contribution in [3.05, 3.63) is 24.1 Å². The predicted octanol–water partition coefficient (Wildman–Crippen LogP) is 2.19. The highest BCUT2D eigenvalue weighted by atomic mass is 19.1. The Morgan fingerprint density at radius 3 is 2.61 bits per heavy atom. The summed E-state index contributed by atoms with van der Waals surface area (Å²) < 4.78 is 12.8. The lowest BCUT2D eigenvalue weighted by Crippen LogP contribution is -2.43. The van der Waals surface area contributed by atoms with E-state index in [0.29, 0.717) is 6.04 Å². The van der Waals surface area contributed by atoms with Gasteiger partial charge >= 0.3 is 0 Å². The largest absolute Gasteiger partial charge is 0.357 e. The van der Waals surface area contributed by atoms with Gasteiger partial charge in [0.05, 0.1) is 6.20 Å². The molecule has 0 radical (unpaired) electrons. The highest BCUT2D eigenvalue weighted by Gasteiger charge is 2.24. The summed E-state index contributed by atoms with van der Waals surface area (Å²) >= 11 is 0. The monoisotopic (exact) mass is 249 g/mol. The Bertz CT molecular complexity index is 381. The second-order valence-electron chi connectivity index (χ2n) is 5.45. The van der Waals surface area contributed by atoms with Crippen LogP contribution in [-0.4, -0.2) is 30.7 Å². The van der Waals surface area contributed by atoms with Gasteiger partial charge in [0, 0.05) is 19.1 Å². The molecule has 0 amide bonds. The summed E-state index contributed by atoms with van der Waals surface area (Å²) in [6, 6.07) is 3.91. The molecule has 1 aliphatic heterocycles. The van der Waals surface area contributed by atoms with Crippen LogP contribution < -0.4 is 10.2 Å². The van der Waals surface area contributed by atoms with Gasteiger partial charge in [-0.25, -0.2) is 9.37 Å². The van der Waals surface area contributed by atoms with Crippen LogP contribution in [0.2, 0.25) is 0 Å². The van der Waals surface area contributed by atoms with Gasteiger partial charge in [-0.3, -0.25) is 0 Å². The lowest BCUT2D eigenvalue weighted by Gasteiger charge is -2.33. The molecule has 1 N–H and O–H groups in total. The van der Waals surface area contributed by atoms with E-state index in [4.69, 9.17) is 0 Å². The van der Waals surface area contributed by atoms with Gasteiger partial charge in [-0.05, 0) is 50.3 Å². The molecule has 0 atom stereocenters. The first-order chi connectivity index (χ1) is 8.81. The summed E-state index contributed by atoms with van der Waals surface area (Å²) in [5.74, 6) is 1.58. The molecule has 1 aliphatic carbocycles. The molecule has 4 heteroatoms. The number of nitrogens with one attached hydrogen (secondary N) is 1. The Hall–Kier alpha value is -1.16. The van der Waals surface area contributed by atoms with Gasteiger partial charge in [-0.15, -0.1) is 0 Å². The Balaban J connectivity index is 1.48. The summed E-state index contributed by atoms with van der Waals surface area (Å²) in [6.45, 7) is 3.22. The highest BCUT2D eigenvalue weighted by molar-refractivity contribution is 5.38. The number of piperidine rings is 1. The third-order valence-electron chi connectivity index (χ3n) is 3.92. The number of halogens is 1. The molecule has 2 heterocycles.